The Bertz CT molecular complexity index is 673. The number of hydrogen-bond acceptors (Lipinski definition) is 6. The second-order valence-corrected chi connectivity index (χ2v) is 6.31. The van der Waals surface area contributed by atoms with E-state index < -0.39 is 0 Å². The molecule has 2 aromatic rings. The third kappa shape index (κ3) is 5.17. The number of hydrogen-bond donors (Lipinski definition) is 2. The molecule has 0 spiro atoms. The lowest BCUT2D eigenvalue weighted by molar-refractivity contribution is 0.345. The van der Waals surface area contributed by atoms with Gasteiger partial charge in [0, 0.05) is 31.3 Å². The molecule has 1 aliphatic rings. The number of anilines is 2. The van der Waals surface area contributed by atoms with E-state index in [1.165, 1.54) is 5.56 Å². The van der Waals surface area contributed by atoms with E-state index in [-0.39, 0.29) is 24.8 Å². The van der Waals surface area contributed by atoms with Crippen molar-refractivity contribution in [2.24, 2.45) is 5.73 Å². The average molecular weight is 385 g/mol. The molecule has 2 heterocycles. The largest absolute Gasteiger partial charge is 0.368 e. The maximum absolute atomic E-state index is 5.88. The number of aromatic nitrogens is 3. The number of rotatable bonds is 5. The van der Waals surface area contributed by atoms with Crippen LogP contribution in [0.3, 0.4) is 0 Å². The average Bonchev–Trinajstić information content (AvgIpc) is 2.52. The molecule has 0 aliphatic heterocycles. The zero-order chi connectivity index (χ0) is 16.4. The van der Waals surface area contributed by atoms with Crippen LogP contribution < -0.4 is 16.4 Å². The Hall–Kier alpha value is -1.63. The molecule has 0 bridgehead atoms. The van der Waals surface area contributed by atoms with Crippen LogP contribution in [0.5, 0.6) is 0 Å². The lowest BCUT2D eigenvalue weighted by Gasteiger charge is -2.32. The highest BCUT2D eigenvalue weighted by atomic mass is 35.5. The lowest BCUT2D eigenvalue weighted by Crippen LogP contribution is -2.35. The first-order valence-corrected chi connectivity index (χ1v) is 8.10. The fraction of sp³-hybridized carbons (Fsp3) is 0.471. The number of pyridine rings is 1. The summed E-state index contributed by atoms with van der Waals surface area (Å²) in [5, 5.41) is 0. The second kappa shape index (κ2) is 9.17. The molecule has 1 saturated carbocycles. The van der Waals surface area contributed by atoms with Crippen molar-refractivity contribution in [3.63, 3.8) is 0 Å². The van der Waals surface area contributed by atoms with Gasteiger partial charge in [-0.05, 0) is 30.9 Å². The summed E-state index contributed by atoms with van der Waals surface area (Å²) in [6, 6.07) is 6.49. The van der Waals surface area contributed by atoms with Gasteiger partial charge in [-0.25, -0.2) is 4.98 Å². The van der Waals surface area contributed by atoms with Crippen LogP contribution in [-0.4, -0.2) is 28.0 Å². The van der Waals surface area contributed by atoms with E-state index in [0.29, 0.717) is 24.5 Å². The smallest absolute Gasteiger partial charge is 0.222 e. The van der Waals surface area contributed by atoms with Crippen molar-refractivity contribution >= 4 is 36.6 Å². The Morgan fingerprint density at radius 2 is 1.92 bits per heavy atom. The summed E-state index contributed by atoms with van der Waals surface area (Å²) in [7, 11) is 1.99. The third-order valence-corrected chi connectivity index (χ3v) is 4.43. The van der Waals surface area contributed by atoms with E-state index in [9.17, 15) is 0 Å². The summed E-state index contributed by atoms with van der Waals surface area (Å²) >= 11 is 0. The minimum absolute atomic E-state index is 0. The Labute approximate surface area is 161 Å². The van der Waals surface area contributed by atoms with Crippen molar-refractivity contribution in [2.45, 2.75) is 44.7 Å². The molecule has 0 unspecified atom stereocenters. The predicted octanol–water partition coefficient (Wildman–Crippen LogP) is 2.70. The highest BCUT2D eigenvalue weighted by molar-refractivity contribution is 5.85. The normalized spacial score (nSPS) is 18.5. The standard InChI is InChI=1S/C17H24N6.2ClH/c1-3-11-4-5-14(20-9-11)10-23(2)16-8-15(21-17(19)22-16)12-6-13(18)7-12;;/h4-5,8-9,12-13H,3,6-7,10,18H2,1-2H3,(H2,19,21,22);2*1H. The van der Waals surface area contributed by atoms with E-state index in [2.05, 4.69) is 34.0 Å². The van der Waals surface area contributed by atoms with Gasteiger partial charge < -0.3 is 16.4 Å². The van der Waals surface area contributed by atoms with Crippen LogP contribution in [0.15, 0.2) is 24.4 Å². The van der Waals surface area contributed by atoms with Crippen LogP contribution >= 0.6 is 24.8 Å². The van der Waals surface area contributed by atoms with Gasteiger partial charge in [0.2, 0.25) is 5.95 Å². The predicted molar refractivity (Wildman–Crippen MR) is 107 cm³/mol. The van der Waals surface area contributed by atoms with Crippen LogP contribution in [0.25, 0.3) is 0 Å². The fourth-order valence-corrected chi connectivity index (χ4v) is 2.86. The van der Waals surface area contributed by atoms with Gasteiger partial charge in [-0.3, -0.25) is 4.98 Å². The molecule has 25 heavy (non-hydrogen) atoms. The summed E-state index contributed by atoms with van der Waals surface area (Å²) in [5.74, 6) is 1.55. The Balaban J connectivity index is 0.00000156. The van der Waals surface area contributed by atoms with Crippen molar-refractivity contribution in [1.29, 1.82) is 0 Å². The minimum Gasteiger partial charge on any atom is -0.368 e. The lowest BCUT2D eigenvalue weighted by atomic mass is 9.78. The first-order valence-electron chi connectivity index (χ1n) is 8.10. The molecule has 4 N–H and O–H groups in total. The van der Waals surface area contributed by atoms with Gasteiger partial charge in [0.15, 0.2) is 0 Å². The summed E-state index contributed by atoms with van der Waals surface area (Å²) in [5.41, 5.74) is 15.0. The summed E-state index contributed by atoms with van der Waals surface area (Å²) in [6.07, 6.45) is 4.87. The Morgan fingerprint density at radius 1 is 1.20 bits per heavy atom. The number of nitrogen functional groups attached to an aromatic ring is 1. The molecule has 6 nitrogen and oxygen atoms in total. The minimum atomic E-state index is 0. The number of nitrogens with zero attached hydrogens (tertiary/aromatic N) is 4. The molecule has 3 rings (SSSR count). The van der Waals surface area contributed by atoms with Crippen LogP contribution in [0.4, 0.5) is 11.8 Å². The highest BCUT2D eigenvalue weighted by Gasteiger charge is 2.29. The van der Waals surface area contributed by atoms with Gasteiger partial charge in [-0.1, -0.05) is 13.0 Å². The van der Waals surface area contributed by atoms with E-state index in [1.54, 1.807) is 0 Å². The molecule has 0 amide bonds. The van der Waals surface area contributed by atoms with Gasteiger partial charge in [-0.2, -0.15) is 4.98 Å². The molecule has 1 fully saturated rings. The van der Waals surface area contributed by atoms with E-state index in [0.717, 1.165) is 36.5 Å². The molecule has 8 heteroatoms. The zero-order valence-electron chi connectivity index (χ0n) is 14.6. The van der Waals surface area contributed by atoms with Gasteiger partial charge in [0.1, 0.15) is 5.82 Å². The number of halogens is 2. The fourth-order valence-electron chi connectivity index (χ4n) is 2.86. The molecule has 0 atom stereocenters. The molecule has 2 aromatic heterocycles. The van der Waals surface area contributed by atoms with Crippen LogP contribution in [0.1, 0.15) is 42.6 Å². The monoisotopic (exact) mass is 384 g/mol. The van der Waals surface area contributed by atoms with Crippen molar-refractivity contribution in [2.75, 3.05) is 17.7 Å². The third-order valence-electron chi connectivity index (χ3n) is 4.43. The molecule has 138 valence electrons. The molecular weight excluding hydrogens is 359 g/mol. The van der Waals surface area contributed by atoms with Crippen molar-refractivity contribution in [3.05, 3.63) is 41.3 Å². The molecule has 0 saturated heterocycles. The van der Waals surface area contributed by atoms with E-state index in [1.807, 2.05) is 24.2 Å². The highest BCUT2D eigenvalue weighted by Crippen LogP contribution is 2.35. The van der Waals surface area contributed by atoms with E-state index in [4.69, 9.17) is 11.5 Å². The molecule has 0 aromatic carbocycles. The molecular formula is C17H26Cl2N6. The quantitative estimate of drug-likeness (QED) is 0.822. The first-order chi connectivity index (χ1) is 11.0. The Morgan fingerprint density at radius 3 is 2.48 bits per heavy atom. The summed E-state index contributed by atoms with van der Waals surface area (Å²) < 4.78 is 0. The number of aryl methyl sites for hydroxylation is 1. The van der Waals surface area contributed by atoms with Crippen molar-refractivity contribution in [3.8, 4) is 0 Å². The SMILES string of the molecule is CCc1ccc(CN(C)c2cc(C3CC(N)C3)nc(N)n2)nc1.Cl.Cl. The van der Waals surface area contributed by atoms with Gasteiger partial charge >= 0.3 is 0 Å². The molecule has 1 aliphatic carbocycles. The van der Waals surface area contributed by atoms with Crippen molar-refractivity contribution < 1.29 is 0 Å². The van der Waals surface area contributed by atoms with Gasteiger partial charge in [0.25, 0.3) is 0 Å². The van der Waals surface area contributed by atoms with Crippen molar-refractivity contribution in [1.82, 2.24) is 15.0 Å². The Kier molecular flexibility index (Phi) is 7.86. The maximum atomic E-state index is 5.88. The second-order valence-electron chi connectivity index (χ2n) is 6.31. The number of nitrogens with two attached hydrogens (primary N) is 2. The van der Waals surface area contributed by atoms with Crippen LogP contribution in [0.2, 0.25) is 0 Å². The summed E-state index contributed by atoms with van der Waals surface area (Å²) in [4.78, 5) is 15.3. The topological polar surface area (TPSA) is 94.0 Å². The van der Waals surface area contributed by atoms with Crippen LogP contribution in [0, 0.1) is 0 Å². The maximum Gasteiger partial charge on any atom is 0.222 e. The van der Waals surface area contributed by atoms with Crippen LogP contribution in [-0.2, 0) is 13.0 Å². The zero-order valence-corrected chi connectivity index (χ0v) is 16.2. The van der Waals surface area contributed by atoms with Gasteiger partial charge in [0.05, 0.1) is 17.9 Å². The van der Waals surface area contributed by atoms with E-state index >= 15 is 0 Å². The summed E-state index contributed by atoms with van der Waals surface area (Å²) in [6.45, 7) is 2.81. The van der Waals surface area contributed by atoms with Gasteiger partial charge in [-0.15, -0.1) is 24.8 Å². The first kappa shape index (κ1) is 21.4. The molecule has 0 radical (unpaired) electrons.